The zero-order valence-electron chi connectivity index (χ0n) is 5.37. The Hall–Kier alpha value is -0.0400. The van der Waals surface area contributed by atoms with Gasteiger partial charge < -0.3 is 0 Å². The minimum absolute atomic E-state index is 0.301. The van der Waals surface area contributed by atoms with Gasteiger partial charge in [-0.25, -0.2) is 0 Å². The molecule has 0 aromatic heterocycles. The third kappa shape index (κ3) is 2.31. The van der Waals surface area contributed by atoms with Gasteiger partial charge in [-0.2, -0.15) is 0 Å². The molecule has 0 aliphatic rings. The largest absolute Gasteiger partial charge is 0.293 e. The predicted octanol–water partition coefficient (Wildman–Crippen LogP) is 2.64. The number of hydrogen-bond acceptors (Lipinski definition) is 1. The fourth-order valence-electron chi connectivity index (χ4n) is 0.647. The summed E-state index contributed by atoms with van der Waals surface area (Å²) in [6, 6.07) is 0. The van der Waals surface area contributed by atoms with E-state index in [1.807, 2.05) is 13.8 Å². The summed E-state index contributed by atoms with van der Waals surface area (Å²) >= 11 is 5.43. The van der Waals surface area contributed by atoms with E-state index in [1.54, 1.807) is 0 Å². The van der Waals surface area contributed by atoms with Gasteiger partial charge >= 0.3 is 0 Å². The van der Waals surface area contributed by atoms with Gasteiger partial charge in [-0.15, -0.1) is 0 Å². The molecule has 0 unspecified atom stereocenters. The molecule has 0 atom stereocenters. The molecule has 0 bridgehead atoms. The molecule has 8 heavy (non-hydrogen) atoms. The van der Waals surface area contributed by atoms with Gasteiger partial charge in [0.2, 0.25) is 0 Å². The molecule has 0 radical (unpaired) electrons. The summed E-state index contributed by atoms with van der Waals surface area (Å²) in [6.45, 7) is 4.09. The van der Waals surface area contributed by atoms with Gasteiger partial charge in [-0.1, -0.05) is 25.4 Å². The molecule has 0 aromatic carbocycles. The summed E-state index contributed by atoms with van der Waals surface area (Å²) in [5.41, 5.74) is 0. The van der Waals surface area contributed by atoms with Crippen molar-refractivity contribution < 1.29 is 0 Å². The summed E-state index contributed by atoms with van der Waals surface area (Å²) in [7, 11) is 0. The van der Waals surface area contributed by atoms with E-state index in [2.05, 4.69) is 0 Å². The van der Waals surface area contributed by atoms with Crippen molar-refractivity contribution in [2.75, 3.05) is 0 Å². The standard InChI is InChI=1S/C6H12ClN/c1-3-5(4-2)6(7)8/h5,8H,3-4H2,1-2H3. The van der Waals surface area contributed by atoms with Crippen molar-refractivity contribution in [2.24, 2.45) is 5.92 Å². The molecule has 0 fully saturated rings. The lowest BCUT2D eigenvalue weighted by Crippen LogP contribution is -2.03. The van der Waals surface area contributed by atoms with Crippen LogP contribution in [0, 0.1) is 11.3 Å². The van der Waals surface area contributed by atoms with Gasteiger partial charge in [-0.3, -0.25) is 5.41 Å². The first-order valence-corrected chi connectivity index (χ1v) is 3.34. The molecule has 0 amide bonds. The lowest BCUT2D eigenvalue weighted by Gasteiger charge is -2.05. The number of nitrogens with one attached hydrogen (secondary N) is 1. The van der Waals surface area contributed by atoms with Crippen LogP contribution < -0.4 is 0 Å². The van der Waals surface area contributed by atoms with E-state index in [0.717, 1.165) is 12.8 Å². The summed E-state index contributed by atoms with van der Waals surface area (Å²) < 4.78 is 0. The fraction of sp³-hybridized carbons (Fsp3) is 0.833. The predicted molar refractivity (Wildman–Crippen MR) is 37.7 cm³/mol. The van der Waals surface area contributed by atoms with Crippen LogP contribution >= 0.6 is 11.6 Å². The van der Waals surface area contributed by atoms with Crippen molar-refractivity contribution in [1.29, 1.82) is 5.41 Å². The van der Waals surface area contributed by atoms with Crippen molar-refractivity contribution in [3.8, 4) is 0 Å². The highest BCUT2D eigenvalue weighted by Gasteiger charge is 2.05. The lowest BCUT2D eigenvalue weighted by atomic mass is 10.1. The fourth-order valence-corrected chi connectivity index (χ4v) is 0.956. The Morgan fingerprint density at radius 2 is 1.88 bits per heavy atom. The molecule has 0 spiro atoms. The second-order valence-corrected chi connectivity index (χ2v) is 2.27. The van der Waals surface area contributed by atoms with Crippen molar-refractivity contribution in [3.63, 3.8) is 0 Å². The zero-order chi connectivity index (χ0) is 6.57. The second-order valence-electron chi connectivity index (χ2n) is 1.86. The summed E-state index contributed by atoms with van der Waals surface area (Å²) in [5, 5.41) is 7.32. The van der Waals surface area contributed by atoms with Crippen LogP contribution in [0.25, 0.3) is 0 Å². The van der Waals surface area contributed by atoms with E-state index < -0.39 is 0 Å². The minimum Gasteiger partial charge on any atom is -0.293 e. The Morgan fingerprint density at radius 1 is 1.50 bits per heavy atom. The van der Waals surface area contributed by atoms with Crippen LogP contribution in [0.15, 0.2) is 0 Å². The molecule has 1 N–H and O–H groups in total. The van der Waals surface area contributed by atoms with Crippen molar-refractivity contribution in [2.45, 2.75) is 26.7 Å². The van der Waals surface area contributed by atoms with Crippen molar-refractivity contribution in [1.82, 2.24) is 0 Å². The average molecular weight is 134 g/mol. The van der Waals surface area contributed by atoms with Crippen LogP contribution in [0.2, 0.25) is 0 Å². The molecule has 0 aliphatic heterocycles. The average Bonchev–Trinajstić information content (AvgIpc) is 1.69. The van der Waals surface area contributed by atoms with Crippen molar-refractivity contribution in [3.05, 3.63) is 0 Å². The highest BCUT2D eigenvalue weighted by molar-refractivity contribution is 6.64. The molecule has 1 nitrogen and oxygen atoms in total. The van der Waals surface area contributed by atoms with Gasteiger partial charge in [0.15, 0.2) is 0 Å². The summed E-state index contributed by atoms with van der Waals surface area (Å²) in [4.78, 5) is 0. The van der Waals surface area contributed by atoms with Gasteiger partial charge in [0.1, 0.15) is 0 Å². The van der Waals surface area contributed by atoms with Crippen molar-refractivity contribution >= 4 is 16.8 Å². The van der Waals surface area contributed by atoms with Gasteiger partial charge in [0, 0.05) is 5.92 Å². The first kappa shape index (κ1) is 7.96. The van der Waals surface area contributed by atoms with Crippen LogP contribution in [0.1, 0.15) is 26.7 Å². The van der Waals surface area contributed by atoms with Crippen LogP contribution in [0.5, 0.6) is 0 Å². The highest BCUT2D eigenvalue weighted by Crippen LogP contribution is 2.10. The smallest absolute Gasteiger partial charge is 0.0999 e. The highest BCUT2D eigenvalue weighted by atomic mass is 35.5. The number of rotatable bonds is 3. The van der Waals surface area contributed by atoms with Gasteiger partial charge in [-0.05, 0) is 12.8 Å². The Balaban J connectivity index is 3.52. The van der Waals surface area contributed by atoms with E-state index in [0.29, 0.717) is 11.1 Å². The van der Waals surface area contributed by atoms with Gasteiger partial charge in [0.05, 0.1) is 5.17 Å². The SMILES string of the molecule is CCC(CC)C(=N)Cl. The maximum Gasteiger partial charge on any atom is 0.0999 e. The third-order valence-electron chi connectivity index (χ3n) is 1.34. The summed E-state index contributed by atoms with van der Waals surface area (Å²) in [6.07, 6.45) is 1.97. The quantitative estimate of drug-likeness (QED) is 0.573. The summed E-state index contributed by atoms with van der Waals surface area (Å²) in [5.74, 6) is 0.302. The maximum atomic E-state index is 7.02. The Morgan fingerprint density at radius 3 is 1.88 bits per heavy atom. The molecule has 0 rings (SSSR count). The van der Waals surface area contributed by atoms with Crippen LogP contribution in [-0.2, 0) is 0 Å². The first-order chi connectivity index (χ1) is 3.72. The minimum atomic E-state index is 0.301. The van der Waals surface area contributed by atoms with E-state index >= 15 is 0 Å². The van der Waals surface area contributed by atoms with Crippen LogP contribution in [0.3, 0.4) is 0 Å². The second kappa shape index (κ2) is 3.90. The molecule has 0 aromatic rings. The zero-order valence-corrected chi connectivity index (χ0v) is 6.13. The van der Waals surface area contributed by atoms with E-state index in [1.165, 1.54) is 0 Å². The molecule has 2 heteroatoms. The Labute approximate surface area is 55.6 Å². The maximum absolute atomic E-state index is 7.02. The number of halogens is 1. The molecule has 48 valence electrons. The Kier molecular flexibility index (Phi) is 3.88. The third-order valence-corrected chi connectivity index (χ3v) is 1.65. The van der Waals surface area contributed by atoms with Crippen LogP contribution in [-0.4, -0.2) is 5.17 Å². The number of hydrogen-bond donors (Lipinski definition) is 1. The molecule has 0 saturated heterocycles. The van der Waals surface area contributed by atoms with Gasteiger partial charge in [0.25, 0.3) is 0 Å². The molecular formula is C6H12ClN. The normalized spacial score (nSPS) is 10.0. The molecule has 0 aliphatic carbocycles. The Bertz CT molecular complexity index is 76.6. The van der Waals surface area contributed by atoms with Crippen LogP contribution in [0.4, 0.5) is 0 Å². The molecule has 0 saturated carbocycles. The molecular weight excluding hydrogens is 122 g/mol. The lowest BCUT2D eigenvalue weighted by molar-refractivity contribution is 0.647. The topological polar surface area (TPSA) is 23.9 Å². The van der Waals surface area contributed by atoms with E-state index in [-0.39, 0.29) is 0 Å². The monoisotopic (exact) mass is 133 g/mol. The molecule has 0 heterocycles. The van der Waals surface area contributed by atoms with E-state index in [4.69, 9.17) is 17.0 Å². The van der Waals surface area contributed by atoms with E-state index in [9.17, 15) is 0 Å². The first-order valence-electron chi connectivity index (χ1n) is 2.96.